The van der Waals surface area contributed by atoms with Crippen molar-refractivity contribution in [1.82, 2.24) is 25.2 Å². The summed E-state index contributed by atoms with van der Waals surface area (Å²) in [6, 6.07) is 14.1. The highest BCUT2D eigenvalue weighted by Gasteiger charge is 2.22. The van der Waals surface area contributed by atoms with Crippen LogP contribution in [0.2, 0.25) is 0 Å². The first-order valence-electron chi connectivity index (χ1n) is 10.3. The largest absolute Gasteiger partial charge is 0.493 e. The Morgan fingerprint density at radius 3 is 2.86 bits per heavy atom. The predicted molar refractivity (Wildman–Crippen MR) is 114 cm³/mol. The van der Waals surface area contributed by atoms with E-state index in [0.717, 1.165) is 60.7 Å². The van der Waals surface area contributed by atoms with Crippen LogP contribution >= 0.6 is 0 Å². The maximum Gasteiger partial charge on any atom is 0.191 e. The van der Waals surface area contributed by atoms with Gasteiger partial charge in [0.15, 0.2) is 11.6 Å². The van der Waals surface area contributed by atoms with Crippen molar-refractivity contribution in [3.63, 3.8) is 0 Å². The summed E-state index contributed by atoms with van der Waals surface area (Å²) in [6.45, 7) is 2.30. The first-order valence-corrected chi connectivity index (χ1v) is 10.3. The Morgan fingerprint density at radius 2 is 2.00 bits per heavy atom. The van der Waals surface area contributed by atoms with Crippen LogP contribution in [0.5, 0.6) is 5.75 Å². The fourth-order valence-electron chi connectivity index (χ4n) is 3.20. The smallest absolute Gasteiger partial charge is 0.191 e. The van der Waals surface area contributed by atoms with E-state index in [-0.39, 0.29) is 0 Å². The van der Waals surface area contributed by atoms with Crippen molar-refractivity contribution >= 4 is 11.6 Å². The van der Waals surface area contributed by atoms with E-state index in [1.807, 2.05) is 47.0 Å². The Balaban J connectivity index is 1.23. The van der Waals surface area contributed by atoms with Gasteiger partial charge < -0.3 is 15.4 Å². The van der Waals surface area contributed by atoms with Crippen LogP contribution in [0.25, 0.3) is 5.65 Å². The van der Waals surface area contributed by atoms with Crippen molar-refractivity contribution in [1.29, 1.82) is 0 Å². The van der Waals surface area contributed by atoms with Crippen LogP contribution in [0.15, 0.2) is 53.7 Å². The molecule has 4 rings (SSSR count). The van der Waals surface area contributed by atoms with E-state index in [9.17, 15) is 0 Å². The molecule has 0 aliphatic heterocycles. The molecule has 0 atom stereocenters. The van der Waals surface area contributed by atoms with Crippen LogP contribution in [-0.2, 0) is 13.0 Å². The number of nitrogens with zero attached hydrogens (tertiary/aromatic N) is 4. The highest BCUT2D eigenvalue weighted by molar-refractivity contribution is 5.79. The van der Waals surface area contributed by atoms with Gasteiger partial charge in [-0.05, 0) is 43.4 Å². The second-order valence-corrected chi connectivity index (χ2v) is 7.36. The molecule has 3 aromatic rings. The minimum Gasteiger partial charge on any atom is -0.493 e. The average Bonchev–Trinajstić information content (AvgIpc) is 3.51. The number of hydrogen-bond acceptors (Lipinski definition) is 4. The van der Waals surface area contributed by atoms with Crippen LogP contribution in [0.1, 0.15) is 30.7 Å². The maximum atomic E-state index is 5.99. The Labute approximate surface area is 171 Å². The average molecular weight is 393 g/mol. The molecule has 1 aliphatic rings. The molecule has 2 heterocycles. The number of hydrogen-bond donors (Lipinski definition) is 2. The van der Waals surface area contributed by atoms with Crippen LogP contribution < -0.4 is 15.4 Å². The van der Waals surface area contributed by atoms with E-state index in [4.69, 9.17) is 4.74 Å². The Morgan fingerprint density at radius 1 is 1.14 bits per heavy atom. The van der Waals surface area contributed by atoms with E-state index < -0.39 is 0 Å². The van der Waals surface area contributed by atoms with Gasteiger partial charge in [-0.15, -0.1) is 10.2 Å². The molecule has 1 aromatic carbocycles. The number of fused-ring (bicyclic) bond motifs is 1. The molecule has 2 aromatic heterocycles. The third-order valence-electron chi connectivity index (χ3n) is 5.07. The molecule has 1 fully saturated rings. The highest BCUT2D eigenvalue weighted by atomic mass is 16.5. The van der Waals surface area contributed by atoms with Gasteiger partial charge in [0, 0.05) is 38.3 Å². The minimum absolute atomic E-state index is 0.676. The Kier molecular flexibility index (Phi) is 6.24. The molecular formula is C22H28N6O. The van der Waals surface area contributed by atoms with Gasteiger partial charge >= 0.3 is 0 Å². The standard InChI is InChI=1S/C22H28N6O/c1-23-22(24-13-6-10-21-27-26-20-9-4-5-14-28(20)21)25-15-18-7-2-3-8-19(18)29-16-17-11-12-17/h2-5,7-9,14,17H,6,10-13,15-16H2,1H3,(H2,23,24,25). The lowest BCUT2D eigenvalue weighted by Gasteiger charge is -2.14. The number of guanidine groups is 1. The zero-order valence-corrected chi connectivity index (χ0v) is 16.8. The lowest BCUT2D eigenvalue weighted by molar-refractivity contribution is 0.296. The molecule has 152 valence electrons. The van der Waals surface area contributed by atoms with E-state index in [1.165, 1.54) is 12.8 Å². The number of benzene rings is 1. The highest BCUT2D eigenvalue weighted by Crippen LogP contribution is 2.30. The third kappa shape index (κ3) is 5.25. The monoisotopic (exact) mass is 392 g/mol. The zero-order valence-electron chi connectivity index (χ0n) is 16.8. The SMILES string of the molecule is CN=C(NCCCc1nnc2ccccn12)NCc1ccccc1OCC1CC1. The Hall–Kier alpha value is -3.09. The minimum atomic E-state index is 0.676. The molecule has 2 N–H and O–H groups in total. The molecule has 1 saturated carbocycles. The van der Waals surface area contributed by atoms with Gasteiger partial charge in [-0.1, -0.05) is 24.3 Å². The van der Waals surface area contributed by atoms with Crippen molar-refractivity contribution in [2.45, 2.75) is 32.2 Å². The Bertz CT molecular complexity index is 963. The first kappa shape index (κ1) is 19.2. The summed E-state index contributed by atoms with van der Waals surface area (Å²) < 4.78 is 8.02. The molecule has 7 nitrogen and oxygen atoms in total. The number of pyridine rings is 1. The van der Waals surface area contributed by atoms with Crippen LogP contribution in [0.3, 0.4) is 0 Å². The fraction of sp³-hybridized carbons (Fsp3) is 0.409. The van der Waals surface area contributed by atoms with Crippen LogP contribution in [0.4, 0.5) is 0 Å². The topological polar surface area (TPSA) is 75.8 Å². The number of aryl methyl sites for hydroxylation is 1. The van der Waals surface area contributed by atoms with Gasteiger partial charge in [0.05, 0.1) is 6.61 Å². The molecule has 29 heavy (non-hydrogen) atoms. The third-order valence-corrected chi connectivity index (χ3v) is 5.07. The summed E-state index contributed by atoms with van der Waals surface area (Å²) in [5.41, 5.74) is 2.03. The van der Waals surface area contributed by atoms with E-state index in [0.29, 0.717) is 6.54 Å². The van der Waals surface area contributed by atoms with Crippen molar-refractivity contribution < 1.29 is 4.74 Å². The fourth-order valence-corrected chi connectivity index (χ4v) is 3.20. The number of aliphatic imine (C=N–C) groups is 1. The summed E-state index contributed by atoms with van der Waals surface area (Å²) in [5.74, 6) is 3.47. The lowest BCUT2D eigenvalue weighted by Crippen LogP contribution is -2.37. The number of ether oxygens (including phenoxy) is 1. The molecule has 0 saturated heterocycles. The summed E-state index contributed by atoms with van der Waals surface area (Å²) in [6.07, 6.45) is 6.38. The van der Waals surface area contributed by atoms with E-state index >= 15 is 0 Å². The van der Waals surface area contributed by atoms with Gasteiger partial charge in [0.1, 0.15) is 11.6 Å². The number of aromatic nitrogens is 3. The number of rotatable bonds is 9. The van der Waals surface area contributed by atoms with Crippen molar-refractivity contribution in [3.05, 3.63) is 60.0 Å². The normalized spacial score (nSPS) is 14.2. The number of para-hydroxylation sites is 1. The van der Waals surface area contributed by atoms with Gasteiger partial charge in [-0.3, -0.25) is 9.39 Å². The van der Waals surface area contributed by atoms with Gasteiger partial charge in [-0.25, -0.2) is 0 Å². The van der Waals surface area contributed by atoms with E-state index in [2.05, 4.69) is 31.9 Å². The molecule has 0 radical (unpaired) electrons. The molecule has 0 bridgehead atoms. The predicted octanol–water partition coefficient (Wildman–Crippen LogP) is 2.82. The zero-order chi connectivity index (χ0) is 19.9. The summed E-state index contributed by atoms with van der Waals surface area (Å²) in [7, 11) is 1.79. The maximum absolute atomic E-state index is 5.99. The van der Waals surface area contributed by atoms with Crippen LogP contribution in [0, 0.1) is 5.92 Å². The van der Waals surface area contributed by atoms with Gasteiger partial charge in [-0.2, -0.15) is 0 Å². The van der Waals surface area contributed by atoms with Crippen molar-refractivity contribution in [2.24, 2.45) is 10.9 Å². The quantitative estimate of drug-likeness (QED) is 0.333. The van der Waals surface area contributed by atoms with Gasteiger partial charge in [0.2, 0.25) is 0 Å². The second kappa shape index (κ2) is 9.41. The van der Waals surface area contributed by atoms with Crippen LogP contribution in [-0.4, -0.2) is 40.8 Å². The molecule has 0 unspecified atom stereocenters. The summed E-state index contributed by atoms with van der Waals surface area (Å²) in [4.78, 5) is 4.32. The molecule has 1 aliphatic carbocycles. The molecular weight excluding hydrogens is 364 g/mol. The molecule has 0 spiro atoms. The van der Waals surface area contributed by atoms with Gasteiger partial charge in [0.25, 0.3) is 0 Å². The number of nitrogens with one attached hydrogen (secondary N) is 2. The molecule has 7 heteroatoms. The van der Waals surface area contributed by atoms with Crippen molar-refractivity contribution in [2.75, 3.05) is 20.2 Å². The summed E-state index contributed by atoms with van der Waals surface area (Å²) >= 11 is 0. The molecule has 0 amide bonds. The van der Waals surface area contributed by atoms with Crippen molar-refractivity contribution in [3.8, 4) is 5.75 Å². The second-order valence-electron chi connectivity index (χ2n) is 7.36. The summed E-state index contributed by atoms with van der Waals surface area (Å²) in [5, 5.41) is 15.2. The lowest BCUT2D eigenvalue weighted by atomic mass is 10.2. The first-order chi connectivity index (χ1) is 14.3. The van der Waals surface area contributed by atoms with E-state index in [1.54, 1.807) is 7.05 Å².